The van der Waals surface area contributed by atoms with Crippen molar-refractivity contribution >= 4 is 17.6 Å². The lowest BCUT2D eigenvalue weighted by Gasteiger charge is -1.87. The summed E-state index contributed by atoms with van der Waals surface area (Å²) in [5, 5.41) is 3.95. The third-order valence-corrected chi connectivity index (χ3v) is 2.23. The van der Waals surface area contributed by atoms with Crippen molar-refractivity contribution in [2.45, 2.75) is 0 Å². The van der Waals surface area contributed by atoms with Crippen LogP contribution in [0.4, 0.5) is 0 Å². The molecule has 0 atom stereocenters. The van der Waals surface area contributed by atoms with Crippen LogP contribution in [0.2, 0.25) is 0 Å². The number of carbonyl (C=O) groups is 1. The normalized spacial score (nSPS) is 10.0. The zero-order valence-electron chi connectivity index (χ0n) is 6.19. The predicted octanol–water partition coefficient (Wildman–Crippen LogP) is 2.82. The number of thiophene rings is 1. The highest BCUT2D eigenvalue weighted by Gasteiger charge is 2.02. The summed E-state index contributed by atoms with van der Waals surface area (Å²) in [6, 6.07) is 5.42. The number of hydrogen-bond donors (Lipinski definition) is 0. The van der Waals surface area contributed by atoms with Crippen molar-refractivity contribution in [2.75, 3.05) is 0 Å². The van der Waals surface area contributed by atoms with Crippen LogP contribution in [0.3, 0.4) is 0 Å². The lowest BCUT2D eigenvalue weighted by Crippen LogP contribution is -1.68. The minimum atomic E-state index is 0.371. The van der Waals surface area contributed by atoms with Crippen molar-refractivity contribution in [3.05, 3.63) is 34.7 Å². The fourth-order valence-electron chi connectivity index (χ4n) is 0.976. The van der Waals surface area contributed by atoms with E-state index in [4.69, 9.17) is 4.42 Å². The molecule has 60 valence electrons. The maximum absolute atomic E-state index is 10.3. The Morgan fingerprint density at radius 3 is 2.83 bits per heavy atom. The minimum absolute atomic E-state index is 0.371. The van der Waals surface area contributed by atoms with Gasteiger partial charge in [0.2, 0.25) is 0 Å². The van der Waals surface area contributed by atoms with Gasteiger partial charge in [-0.1, -0.05) is 0 Å². The van der Waals surface area contributed by atoms with Crippen molar-refractivity contribution in [2.24, 2.45) is 0 Å². The smallest absolute Gasteiger partial charge is 0.185 e. The Morgan fingerprint density at radius 1 is 1.33 bits per heavy atom. The second-order valence-corrected chi connectivity index (χ2v) is 3.11. The highest BCUT2D eigenvalue weighted by atomic mass is 32.1. The van der Waals surface area contributed by atoms with E-state index in [0.29, 0.717) is 12.0 Å². The summed E-state index contributed by atoms with van der Waals surface area (Å²) < 4.78 is 5.22. The van der Waals surface area contributed by atoms with Gasteiger partial charge in [-0.3, -0.25) is 4.79 Å². The average molecular weight is 178 g/mol. The molecule has 2 aromatic rings. The second kappa shape index (κ2) is 2.95. The van der Waals surface area contributed by atoms with E-state index in [2.05, 4.69) is 0 Å². The quantitative estimate of drug-likeness (QED) is 0.662. The van der Waals surface area contributed by atoms with Gasteiger partial charge in [0.05, 0.1) is 0 Å². The molecular weight excluding hydrogens is 172 g/mol. The maximum Gasteiger partial charge on any atom is 0.185 e. The first kappa shape index (κ1) is 7.31. The van der Waals surface area contributed by atoms with Crippen LogP contribution in [0.25, 0.3) is 11.3 Å². The van der Waals surface area contributed by atoms with Crippen LogP contribution >= 0.6 is 11.3 Å². The zero-order valence-corrected chi connectivity index (χ0v) is 7.01. The monoisotopic (exact) mass is 178 g/mol. The summed E-state index contributed by atoms with van der Waals surface area (Å²) in [4.78, 5) is 10.3. The summed E-state index contributed by atoms with van der Waals surface area (Å²) in [6.07, 6.45) is 0.704. The van der Waals surface area contributed by atoms with E-state index in [0.717, 1.165) is 11.3 Å². The van der Waals surface area contributed by atoms with Crippen LogP contribution in [0.1, 0.15) is 10.6 Å². The molecule has 0 saturated carbocycles. The van der Waals surface area contributed by atoms with E-state index < -0.39 is 0 Å². The molecule has 3 heteroatoms. The Kier molecular flexibility index (Phi) is 1.80. The van der Waals surface area contributed by atoms with Gasteiger partial charge in [0.15, 0.2) is 12.0 Å². The Balaban J connectivity index is 2.41. The summed E-state index contributed by atoms with van der Waals surface area (Å²) in [6.45, 7) is 0. The molecular formula is C9H6O2S. The zero-order chi connectivity index (χ0) is 8.39. The van der Waals surface area contributed by atoms with Crippen LogP contribution < -0.4 is 0 Å². The molecule has 0 spiro atoms. The highest BCUT2D eigenvalue weighted by molar-refractivity contribution is 7.08. The number of carbonyl (C=O) groups excluding carboxylic acids is 1. The third-order valence-electron chi connectivity index (χ3n) is 1.55. The van der Waals surface area contributed by atoms with E-state index in [1.165, 1.54) is 0 Å². The number of furan rings is 1. The molecule has 0 fully saturated rings. The van der Waals surface area contributed by atoms with Gasteiger partial charge in [-0.05, 0) is 23.6 Å². The molecule has 0 aliphatic carbocycles. The van der Waals surface area contributed by atoms with Gasteiger partial charge in [0, 0.05) is 10.9 Å². The topological polar surface area (TPSA) is 30.2 Å². The van der Waals surface area contributed by atoms with Crippen molar-refractivity contribution in [3.8, 4) is 11.3 Å². The van der Waals surface area contributed by atoms with Gasteiger partial charge in [0.25, 0.3) is 0 Å². The molecule has 0 bridgehead atoms. The molecule has 0 N–H and O–H groups in total. The number of hydrogen-bond acceptors (Lipinski definition) is 3. The molecule has 0 aromatic carbocycles. The Bertz CT molecular complexity index is 373. The first-order valence-corrected chi connectivity index (χ1v) is 4.42. The summed E-state index contributed by atoms with van der Waals surface area (Å²) in [5.41, 5.74) is 1.02. The SMILES string of the molecule is O=Cc1ccc(-c2ccsc2)o1. The molecule has 0 amide bonds. The van der Waals surface area contributed by atoms with Crippen LogP contribution in [-0.2, 0) is 0 Å². The Labute approximate surface area is 73.4 Å². The van der Waals surface area contributed by atoms with Gasteiger partial charge in [-0.2, -0.15) is 11.3 Å². The van der Waals surface area contributed by atoms with Crippen molar-refractivity contribution in [1.29, 1.82) is 0 Å². The molecule has 0 unspecified atom stereocenters. The van der Waals surface area contributed by atoms with E-state index in [1.54, 1.807) is 23.5 Å². The molecule has 12 heavy (non-hydrogen) atoms. The summed E-state index contributed by atoms with van der Waals surface area (Å²) in [7, 11) is 0. The lowest BCUT2D eigenvalue weighted by atomic mass is 10.3. The van der Waals surface area contributed by atoms with Gasteiger partial charge in [0.1, 0.15) is 5.76 Å². The minimum Gasteiger partial charge on any atom is -0.453 e. The Hall–Kier alpha value is -1.35. The first-order valence-electron chi connectivity index (χ1n) is 3.48. The van der Waals surface area contributed by atoms with Gasteiger partial charge in [-0.15, -0.1) is 0 Å². The van der Waals surface area contributed by atoms with E-state index in [1.807, 2.05) is 16.8 Å². The predicted molar refractivity (Wildman–Crippen MR) is 47.4 cm³/mol. The third kappa shape index (κ3) is 1.19. The van der Waals surface area contributed by atoms with E-state index in [-0.39, 0.29) is 0 Å². The lowest BCUT2D eigenvalue weighted by molar-refractivity contribution is 0.110. The van der Waals surface area contributed by atoms with Crippen LogP contribution in [0.15, 0.2) is 33.4 Å². The van der Waals surface area contributed by atoms with Crippen LogP contribution in [0.5, 0.6) is 0 Å². The fraction of sp³-hybridized carbons (Fsp3) is 0. The molecule has 0 radical (unpaired) electrons. The van der Waals surface area contributed by atoms with Gasteiger partial charge < -0.3 is 4.42 Å². The highest BCUT2D eigenvalue weighted by Crippen LogP contribution is 2.23. The van der Waals surface area contributed by atoms with Gasteiger partial charge in [-0.25, -0.2) is 0 Å². The second-order valence-electron chi connectivity index (χ2n) is 2.33. The largest absolute Gasteiger partial charge is 0.453 e. The average Bonchev–Trinajstić information content (AvgIpc) is 2.75. The number of rotatable bonds is 2. The van der Waals surface area contributed by atoms with Crippen molar-refractivity contribution in [3.63, 3.8) is 0 Å². The fourth-order valence-corrected chi connectivity index (χ4v) is 1.62. The summed E-state index contributed by atoms with van der Waals surface area (Å²) >= 11 is 1.60. The maximum atomic E-state index is 10.3. The molecule has 2 heterocycles. The molecule has 0 aliphatic rings. The van der Waals surface area contributed by atoms with Gasteiger partial charge >= 0.3 is 0 Å². The van der Waals surface area contributed by atoms with Crippen molar-refractivity contribution < 1.29 is 9.21 Å². The summed E-state index contributed by atoms with van der Waals surface area (Å²) in [5.74, 6) is 1.12. The van der Waals surface area contributed by atoms with E-state index in [9.17, 15) is 4.79 Å². The number of aldehydes is 1. The molecule has 2 rings (SSSR count). The van der Waals surface area contributed by atoms with E-state index >= 15 is 0 Å². The van der Waals surface area contributed by atoms with Crippen LogP contribution in [-0.4, -0.2) is 6.29 Å². The Morgan fingerprint density at radius 2 is 2.25 bits per heavy atom. The van der Waals surface area contributed by atoms with Crippen molar-refractivity contribution in [1.82, 2.24) is 0 Å². The molecule has 2 aromatic heterocycles. The first-order chi connectivity index (χ1) is 5.90. The molecule has 2 nitrogen and oxygen atoms in total. The standard InChI is InChI=1S/C9H6O2S/c10-5-8-1-2-9(11-8)7-3-4-12-6-7/h1-6H. The molecule has 0 aliphatic heterocycles. The van der Waals surface area contributed by atoms with Crippen LogP contribution in [0, 0.1) is 0 Å². The molecule has 0 saturated heterocycles.